The first-order valence-electron chi connectivity index (χ1n) is 2.83. The van der Waals surface area contributed by atoms with Gasteiger partial charge < -0.3 is 0 Å². The van der Waals surface area contributed by atoms with Crippen LogP contribution in [0, 0.1) is 11.6 Å². The highest BCUT2D eigenvalue weighted by Crippen LogP contribution is 2.25. The van der Waals surface area contributed by atoms with Crippen molar-refractivity contribution in [3.8, 4) is 0 Å². The predicted octanol–water partition coefficient (Wildman–Crippen LogP) is 3.45. The van der Waals surface area contributed by atoms with Crippen LogP contribution in [0.4, 0.5) is 8.78 Å². The lowest BCUT2D eigenvalue weighted by Gasteiger charge is -1.99. The Labute approximate surface area is 76.1 Å². The Bertz CT molecular complexity index is 275. The smallest absolute Gasteiger partial charge is 0.138 e. The number of hydrogen-bond acceptors (Lipinski definition) is 1. The van der Waals surface area contributed by atoms with E-state index in [4.69, 9.17) is 0 Å². The molecule has 60 valence electrons. The molecule has 1 aromatic carbocycles. The summed E-state index contributed by atoms with van der Waals surface area (Å²) in [7, 11) is 0. The van der Waals surface area contributed by atoms with Gasteiger partial charge in [-0.2, -0.15) is 0 Å². The van der Waals surface area contributed by atoms with Crippen molar-refractivity contribution < 1.29 is 8.78 Å². The average molecular weight is 239 g/mol. The molecular weight excluding hydrogens is 234 g/mol. The Morgan fingerprint density at radius 1 is 1.27 bits per heavy atom. The van der Waals surface area contributed by atoms with E-state index in [1.807, 2.05) is 0 Å². The Kier molecular flexibility index (Phi) is 2.90. The molecular formula is C7H5BrF2S. The summed E-state index contributed by atoms with van der Waals surface area (Å²) in [5, 5.41) is 0. The maximum atomic E-state index is 12.8. The van der Waals surface area contributed by atoms with Gasteiger partial charge in [0.25, 0.3) is 0 Å². The second-order valence-electron chi connectivity index (χ2n) is 1.90. The van der Waals surface area contributed by atoms with Crippen LogP contribution in [0.15, 0.2) is 21.5 Å². The normalized spacial score (nSPS) is 10.2. The maximum absolute atomic E-state index is 12.8. The summed E-state index contributed by atoms with van der Waals surface area (Å²) in [5.41, 5.74) is 0. The first-order valence-corrected chi connectivity index (χ1v) is 4.85. The molecule has 0 bridgehead atoms. The maximum Gasteiger partial charge on any atom is 0.138 e. The molecule has 0 aliphatic heterocycles. The fourth-order valence-electron chi connectivity index (χ4n) is 0.661. The van der Waals surface area contributed by atoms with Gasteiger partial charge in [-0.25, -0.2) is 8.78 Å². The number of rotatable bonds is 1. The van der Waals surface area contributed by atoms with Crippen LogP contribution < -0.4 is 0 Å². The highest BCUT2D eigenvalue weighted by Gasteiger charge is 2.06. The molecule has 1 rings (SSSR count). The third kappa shape index (κ3) is 1.93. The molecule has 1 aromatic rings. The van der Waals surface area contributed by atoms with Gasteiger partial charge >= 0.3 is 0 Å². The number of hydrogen-bond donors (Lipinski definition) is 0. The van der Waals surface area contributed by atoms with Gasteiger partial charge in [-0.15, -0.1) is 11.8 Å². The van der Waals surface area contributed by atoms with E-state index in [0.29, 0.717) is 4.90 Å². The van der Waals surface area contributed by atoms with E-state index in [1.54, 1.807) is 6.26 Å². The molecule has 0 fully saturated rings. The van der Waals surface area contributed by atoms with E-state index in [1.165, 1.54) is 17.8 Å². The van der Waals surface area contributed by atoms with Gasteiger partial charge in [0, 0.05) is 4.90 Å². The molecule has 0 atom stereocenters. The molecule has 0 saturated carbocycles. The first-order chi connectivity index (χ1) is 5.15. The van der Waals surface area contributed by atoms with Crippen molar-refractivity contribution in [3.05, 3.63) is 28.2 Å². The predicted molar refractivity (Wildman–Crippen MR) is 45.8 cm³/mol. The zero-order valence-electron chi connectivity index (χ0n) is 5.70. The van der Waals surface area contributed by atoms with Gasteiger partial charge in [0.2, 0.25) is 0 Å². The van der Waals surface area contributed by atoms with Crippen LogP contribution in [0.2, 0.25) is 0 Å². The largest absolute Gasteiger partial charge is 0.206 e. The minimum atomic E-state index is -0.434. The molecule has 0 unspecified atom stereocenters. The summed E-state index contributed by atoms with van der Waals surface area (Å²) < 4.78 is 25.7. The Balaban J connectivity index is 3.21. The molecule has 0 saturated heterocycles. The molecule has 0 aliphatic carbocycles. The van der Waals surface area contributed by atoms with Crippen molar-refractivity contribution >= 4 is 27.7 Å². The van der Waals surface area contributed by atoms with Crippen molar-refractivity contribution in [2.24, 2.45) is 0 Å². The second kappa shape index (κ2) is 3.54. The molecule has 0 radical (unpaired) electrons. The topological polar surface area (TPSA) is 0 Å². The highest BCUT2D eigenvalue weighted by atomic mass is 79.9. The van der Waals surface area contributed by atoms with E-state index in [2.05, 4.69) is 15.9 Å². The molecule has 0 heterocycles. The van der Waals surface area contributed by atoms with Crippen molar-refractivity contribution in [2.45, 2.75) is 4.90 Å². The van der Waals surface area contributed by atoms with Crippen molar-refractivity contribution in [3.63, 3.8) is 0 Å². The third-order valence-corrected chi connectivity index (χ3v) is 2.56. The monoisotopic (exact) mass is 238 g/mol. The van der Waals surface area contributed by atoms with Crippen LogP contribution >= 0.6 is 27.7 Å². The Hall–Kier alpha value is -0.0900. The summed E-state index contributed by atoms with van der Waals surface area (Å²) >= 11 is 4.07. The fourth-order valence-corrected chi connectivity index (χ4v) is 1.45. The van der Waals surface area contributed by atoms with Crippen LogP contribution in [0.25, 0.3) is 0 Å². The van der Waals surface area contributed by atoms with Gasteiger partial charge in [-0.3, -0.25) is 0 Å². The van der Waals surface area contributed by atoms with E-state index >= 15 is 0 Å². The fraction of sp³-hybridized carbons (Fsp3) is 0.143. The third-order valence-electron chi connectivity index (χ3n) is 1.19. The quantitative estimate of drug-likeness (QED) is 0.534. The molecule has 11 heavy (non-hydrogen) atoms. The SMILES string of the molecule is CSc1cc(F)c(Br)cc1F. The lowest BCUT2D eigenvalue weighted by atomic mass is 10.3. The molecule has 4 heteroatoms. The molecule has 0 spiro atoms. The van der Waals surface area contributed by atoms with Crippen LogP contribution in [0.3, 0.4) is 0 Å². The second-order valence-corrected chi connectivity index (χ2v) is 3.60. The summed E-state index contributed by atoms with van der Waals surface area (Å²) in [6.45, 7) is 0. The van der Waals surface area contributed by atoms with Crippen LogP contribution in [0.5, 0.6) is 0 Å². The standard InChI is InChI=1S/C7H5BrF2S/c1-11-7-3-5(9)4(8)2-6(7)10/h2-3H,1H3. The minimum absolute atomic E-state index is 0.160. The van der Waals surface area contributed by atoms with E-state index in [0.717, 1.165) is 6.07 Å². The first kappa shape index (κ1) is 9.00. The Morgan fingerprint density at radius 2 is 1.91 bits per heavy atom. The van der Waals surface area contributed by atoms with Gasteiger partial charge in [-0.05, 0) is 34.3 Å². The van der Waals surface area contributed by atoms with Crippen LogP contribution in [-0.2, 0) is 0 Å². The molecule has 0 N–H and O–H groups in total. The number of halogens is 3. The van der Waals surface area contributed by atoms with Gasteiger partial charge in [0.15, 0.2) is 0 Å². The molecule has 0 aliphatic rings. The van der Waals surface area contributed by atoms with Crippen molar-refractivity contribution in [1.29, 1.82) is 0 Å². The average Bonchev–Trinajstić information content (AvgIpc) is 1.97. The zero-order chi connectivity index (χ0) is 8.43. The van der Waals surface area contributed by atoms with E-state index in [-0.39, 0.29) is 4.47 Å². The lowest BCUT2D eigenvalue weighted by molar-refractivity contribution is 0.572. The molecule has 0 amide bonds. The van der Waals surface area contributed by atoms with Crippen LogP contribution in [-0.4, -0.2) is 6.26 Å². The molecule has 0 aromatic heterocycles. The summed E-state index contributed by atoms with van der Waals surface area (Å²) in [6.07, 6.45) is 1.70. The van der Waals surface area contributed by atoms with Gasteiger partial charge in [0.1, 0.15) is 11.6 Å². The van der Waals surface area contributed by atoms with E-state index < -0.39 is 11.6 Å². The Morgan fingerprint density at radius 3 is 2.45 bits per heavy atom. The van der Waals surface area contributed by atoms with Crippen LogP contribution in [0.1, 0.15) is 0 Å². The van der Waals surface area contributed by atoms with Gasteiger partial charge in [-0.1, -0.05) is 0 Å². The van der Waals surface area contributed by atoms with Gasteiger partial charge in [0.05, 0.1) is 4.47 Å². The summed E-state index contributed by atoms with van der Waals surface area (Å²) in [6, 6.07) is 2.30. The minimum Gasteiger partial charge on any atom is -0.206 e. The van der Waals surface area contributed by atoms with E-state index in [9.17, 15) is 8.78 Å². The lowest BCUT2D eigenvalue weighted by Crippen LogP contribution is -1.84. The molecule has 0 nitrogen and oxygen atoms in total. The summed E-state index contributed by atoms with van der Waals surface area (Å²) in [5.74, 6) is -0.832. The summed E-state index contributed by atoms with van der Waals surface area (Å²) in [4.78, 5) is 0.325. The van der Waals surface area contributed by atoms with Crippen molar-refractivity contribution in [2.75, 3.05) is 6.26 Å². The van der Waals surface area contributed by atoms with Crippen molar-refractivity contribution in [1.82, 2.24) is 0 Å². The highest BCUT2D eigenvalue weighted by molar-refractivity contribution is 9.10. The zero-order valence-corrected chi connectivity index (χ0v) is 8.10. The number of thioether (sulfide) groups is 1. The number of benzene rings is 1.